The molecule has 0 unspecified atom stereocenters. The van der Waals surface area contributed by atoms with Crippen LogP contribution in [0.2, 0.25) is 0 Å². The highest BCUT2D eigenvalue weighted by Crippen LogP contribution is 2.37. The lowest BCUT2D eigenvalue weighted by Crippen LogP contribution is -2.52. The minimum absolute atomic E-state index is 0.162. The fourth-order valence-corrected chi connectivity index (χ4v) is 4.53. The van der Waals surface area contributed by atoms with Crippen molar-refractivity contribution in [3.8, 4) is 0 Å². The monoisotopic (exact) mass is 359 g/mol. The number of likely N-dealkylation sites (tertiary alicyclic amines) is 1. The molecule has 3 atom stereocenters. The average Bonchev–Trinajstić information content (AvgIpc) is 3.33. The van der Waals surface area contributed by atoms with Crippen molar-refractivity contribution in [2.75, 3.05) is 33.4 Å². The number of piperidine rings is 1. The van der Waals surface area contributed by atoms with Crippen LogP contribution in [0.1, 0.15) is 37.8 Å². The molecular formula is C20H29N3O3. The Labute approximate surface area is 155 Å². The van der Waals surface area contributed by atoms with Crippen molar-refractivity contribution in [1.82, 2.24) is 14.8 Å². The van der Waals surface area contributed by atoms with Gasteiger partial charge in [0, 0.05) is 38.5 Å². The first kappa shape index (κ1) is 17.9. The number of hydrogen-bond donors (Lipinski definition) is 0. The summed E-state index contributed by atoms with van der Waals surface area (Å²) < 4.78 is 11.9. The van der Waals surface area contributed by atoms with Gasteiger partial charge in [0.05, 0.1) is 17.9 Å². The largest absolute Gasteiger partial charge is 0.371 e. The van der Waals surface area contributed by atoms with Crippen molar-refractivity contribution in [2.45, 2.75) is 56.4 Å². The van der Waals surface area contributed by atoms with Crippen molar-refractivity contribution < 1.29 is 14.3 Å². The fourth-order valence-electron chi connectivity index (χ4n) is 4.53. The van der Waals surface area contributed by atoms with E-state index in [1.165, 1.54) is 0 Å². The molecule has 6 heteroatoms. The maximum Gasteiger partial charge on any atom is 0.251 e. The van der Waals surface area contributed by atoms with Gasteiger partial charge in [-0.1, -0.05) is 6.07 Å². The number of hydrogen-bond acceptors (Lipinski definition) is 5. The van der Waals surface area contributed by atoms with E-state index in [4.69, 9.17) is 9.47 Å². The average molecular weight is 359 g/mol. The van der Waals surface area contributed by atoms with Crippen LogP contribution in [0.3, 0.4) is 0 Å². The second kappa shape index (κ2) is 7.62. The number of pyridine rings is 1. The summed E-state index contributed by atoms with van der Waals surface area (Å²) in [6.07, 6.45) is 6.49. The Hall–Kier alpha value is -1.50. The number of carbonyl (C=O) groups is 1. The first-order valence-electron chi connectivity index (χ1n) is 9.80. The third-order valence-corrected chi connectivity index (χ3v) is 6.01. The first-order chi connectivity index (χ1) is 12.7. The summed E-state index contributed by atoms with van der Waals surface area (Å²) in [5.74, 6) is 0.162. The van der Waals surface area contributed by atoms with Crippen LogP contribution in [-0.4, -0.2) is 71.8 Å². The molecule has 1 aromatic rings. The topological polar surface area (TPSA) is 54.9 Å². The predicted molar refractivity (Wildman–Crippen MR) is 97.6 cm³/mol. The quantitative estimate of drug-likeness (QED) is 0.821. The van der Waals surface area contributed by atoms with E-state index in [-0.39, 0.29) is 17.6 Å². The van der Waals surface area contributed by atoms with Gasteiger partial charge in [-0.2, -0.15) is 0 Å². The molecule has 26 heavy (non-hydrogen) atoms. The van der Waals surface area contributed by atoms with Crippen LogP contribution in [0.15, 0.2) is 24.4 Å². The highest BCUT2D eigenvalue weighted by atomic mass is 16.5. The van der Waals surface area contributed by atoms with E-state index < -0.39 is 0 Å². The van der Waals surface area contributed by atoms with Gasteiger partial charge >= 0.3 is 0 Å². The van der Waals surface area contributed by atoms with Gasteiger partial charge in [0.2, 0.25) is 0 Å². The molecule has 6 nitrogen and oxygen atoms in total. The first-order valence-corrected chi connectivity index (χ1v) is 9.80. The molecule has 0 bridgehead atoms. The third kappa shape index (κ3) is 3.77. The highest BCUT2D eigenvalue weighted by molar-refractivity contribution is 5.81. The van der Waals surface area contributed by atoms with E-state index in [1.54, 1.807) is 0 Å². The summed E-state index contributed by atoms with van der Waals surface area (Å²) in [5, 5.41) is 0. The number of rotatable bonds is 4. The summed E-state index contributed by atoms with van der Waals surface area (Å²) in [6.45, 7) is 3.80. The van der Waals surface area contributed by atoms with Crippen LogP contribution in [0.4, 0.5) is 0 Å². The second-order valence-corrected chi connectivity index (χ2v) is 7.95. The zero-order valence-corrected chi connectivity index (χ0v) is 15.6. The van der Waals surface area contributed by atoms with Crippen molar-refractivity contribution in [2.24, 2.45) is 0 Å². The minimum atomic E-state index is -0.228. The van der Waals surface area contributed by atoms with Crippen LogP contribution in [0, 0.1) is 0 Å². The maximum atomic E-state index is 12.7. The molecule has 4 heterocycles. The number of nitrogens with zero attached hydrogens (tertiary/aromatic N) is 3. The van der Waals surface area contributed by atoms with Gasteiger partial charge in [0.1, 0.15) is 6.10 Å². The molecule has 0 saturated carbocycles. The lowest BCUT2D eigenvalue weighted by Gasteiger charge is -2.40. The Balaban J connectivity index is 1.36. The fraction of sp³-hybridized carbons (Fsp3) is 0.700. The second-order valence-electron chi connectivity index (χ2n) is 7.95. The van der Waals surface area contributed by atoms with E-state index >= 15 is 0 Å². The Bertz CT molecular complexity index is 620. The van der Waals surface area contributed by atoms with E-state index in [0.717, 1.165) is 57.5 Å². The molecule has 1 spiro atoms. The molecule has 3 saturated heterocycles. The predicted octanol–water partition coefficient (Wildman–Crippen LogP) is 1.84. The normalized spacial score (nSPS) is 31.8. The van der Waals surface area contributed by atoms with Crippen molar-refractivity contribution in [3.05, 3.63) is 30.1 Å². The van der Waals surface area contributed by atoms with Crippen molar-refractivity contribution in [3.63, 3.8) is 0 Å². The molecule has 1 aromatic heterocycles. The van der Waals surface area contributed by atoms with Gasteiger partial charge in [0.25, 0.3) is 5.91 Å². The van der Waals surface area contributed by atoms with Gasteiger partial charge in [-0.3, -0.25) is 14.7 Å². The zero-order chi connectivity index (χ0) is 18.0. The van der Waals surface area contributed by atoms with Gasteiger partial charge in [-0.25, -0.2) is 0 Å². The van der Waals surface area contributed by atoms with E-state index in [1.807, 2.05) is 23.2 Å². The summed E-state index contributed by atoms with van der Waals surface area (Å²) in [7, 11) is 2.14. The molecule has 3 aliphatic rings. The van der Waals surface area contributed by atoms with Gasteiger partial charge in [-0.05, 0) is 51.3 Å². The Morgan fingerprint density at radius 2 is 2.35 bits per heavy atom. The Kier molecular flexibility index (Phi) is 5.25. The molecular weight excluding hydrogens is 330 g/mol. The molecule has 3 aliphatic heterocycles. The molecule has 3 fully saturated rings. The van der Waals surface area contributed by atoms with Gasteiger partial charge in [0.15, 0.2) is 0 Å². The van der Waals surface area contributed by atoms with Crippen LogP contribution < -0.4 is 0 Å². The smallest absolute Gasteiger partial charge is 0.251 e. The maximum absolute atomic E-state index is 12.7. The lowest BCUT2D eigenvalue weighted by atomic mass is 9.88. The van der Waals surface area contributed by atoms with E-state index in [2.05, 4.69) is 23.0 Å². The number of amides is 1. The number of aromatic nitrogens is 1. The molecule has 0 aromatic carbocycles. The molecule has 1 amide bonds. The van der Waals surface area contributed by atoms with Crippen molar-refractivity contribution in [1.29, 1.82) is 0 Å². The standard InChI is InChI=1S/C20H29N3O3/c1-22(13-16-6-2-3-9-21-16)17-12-20(26-14-17)8-5-10-23(15-20)19(24)18-7-4-11-25-18/h2-3,6,9,17-18H,4-5,7-8,10-15H2,1H3/t17-,18-,20-/m1/s1. The summed E-state index contributed by atoms with van der Waals surface area (Å²) in [5.41, 5.74) is 0.894. The zero-order valence-electron chi connectivity index (χ0n) is 15.6. The Morgan fingerprint density at radius 3 is 3.12 bits per heavy atom. The van der Waals surface area contributed by atoms with E-state index in [9.17, 15) is 4.79 Å². The van der Waals surface area contributed by atoms with Crippen LogP contribution in [-0.2, 0) is 20.8 Å². The van der Waals surface area contributed by atoms with Crippen molar-refractivity contribution >= 4 is 5.91 Å². The highest BCUT2D eigenvalue weighted by Gasteiger charge is 2.46. The van der Waals surface area contributed by atoms with Gasteiger partial charge < -0.3 is 14.4 Å². The molecule has 142 valence electrons. The lowest BCUT2D eigenvalue weighted by molar-refractivity contribution is -0.148. The third-order valence-electron chi connectivity index (χ3n) is 6.01. The minimum Gasteiger partial charge on any atom is -0.371 e. The molecule has 0 radical (unpaired) electrons. The SMILES string of the molecule is CN(Cc1ccccn1)[C@H]1CO[C@]2(CCCN(C(=O)[C@H]3CCCO3)C2)C1. The number of likely N-dealkylation sites (N-methyl/N-ethyl adjacent to an activating group) is 1. The summed E-state index contributed by atoms with van der Waals surface area (Å²) in [6, 6.07) is 6.40. The Morgan fingerprint density at radius 1 is 1.42 bits per heavy atom. The van der Waals surface area contributed by atoms with E-state index in [0.29, 0.717) is 19.2 Å². The molecule has 0 aliphatic carbocycles. The summed E-state index contributed by atoms with van der Waals surface area (Å²) >= 11 is 0. The van der Waals surface area contributed by atoms with Crippen LogP contribution in [0.25, 0.3) is 0 Å². The van der Waals surface area contributed by atoms with Gasteiger partial charge in [-0.15, -0.1) is 0 Å². The molecule has 0 N–H and O–H groups in total. The molecule has 4 rings (SSSR count). The number of carbonyl (C=O) groups excluding carboxylic acids is 1. The van der Waals surface area contributed by atoms with Crippen LogP contribution >= 0.6 is 0 Å². The number of ether oxygens (including phenoxy) is 2. The summed E-state index contributed by atoms with van der Waals surface area (Å²) in [4.78, 5) is 21.5. The van der Waals surface area contributed by atoms with Crippen LogP contribution in [0.5, 0.6) is 0 Å².